The SMILES string of the molecule is C=CCNCc1nnc(CN(C)C)n1-c1ccc(Cl)cc1C(=O)c1ccccc1Cl. The summed E-state index contributed by atoms with van der Waals surface area (Å²) in [4.78, 5) is 15.4. The Morgan fingerprint density at radius 3 is 2.57 bits per heavy atom. The van der Waals surface area contributed by atoms with E-state index in [1.165, 1.54) is 0 Å². The Hall–Kier alpha value is -2.51. The topological polar surface area (TPSA) is 63.1 Å². The van der Waals surface area contributed by atoms with Crippen LogP contribution in [0, 0.1) is 0 Å². The summed E-state index contributed by atoms with van der Waals surface area (Å²) < 4.78 is 1.90. The van der Waals surface area contributed by atoms with Gasteiger partial charge in [-0.3, -0.25) is 9.36 Å². The fraction of sp³-hybridized carbons (Fsp3) is 0.227. The summed E-state index contributed by atoms with van der Waals surface area (Å²) in [7, 11) is 3.90. The number of halogens is 2. The van der Waals surface area contributed by atoms with Crippen molar-refractivity contribution in [3.8, 4) is 5.69 Å². The molecule has 0 amide bonds. The third kappa shape index (κ3) is 4.96. The Morgan fingerprint density at radius 2 is 1.87 bits per heavy atom. The molecule has 0 spiro atoms. The van der Waals surface area contributed by atoms with Gasteiger partial charge < -0.3 is 10.2 Å². The molecule has 6 nitrogen and oxygen atoms in total. The van der Waals surface area contributed by atoms with Gasteiger partial charge in [-0.1, -0.05) is 41.4 Å². The standard InChI is InChI=1S/C22H23Cl2N5O/c1-4-11-25-13-20-26-27-21(14-28(2)3)29(20)19-10-9-15(23)12-17(19)22(30)16-7-5-6-8-18(16)24/h4-10,12,25H,1,11,13-14H2,2-3H3. The molecule has 0 radical (unpaired) electrons. The summed E-state index contributed by atoms with van der Waals surface area (Å²) in [6.07, 6.45) is 1.77. The van der Waals surface area contributed by atoms with Crippen molar-refractivity contribution in [3.05, 3.63) is 87.9 Å². The fourth-order valence-electron chi connectivity index (χ4n) is 3.09. The second kappa shape index (κ2) is 10.00. The zero-order valence-corrected chi connectivity index (χ0v) is 18.4. The predicted octanol–water partition coefficient (Wildman–Crippen LogP) is 4.14. The largest absolute Gasteiger partial charge is 0.306 e. The van der Waals surface area contributed by atoms with E-state index in [1.54, 1.807) is 42.5 Å². The van der Waals surface area contributed by atoms with Crippen molar-refractivity contribution < 1.29 is 4.79 Å². The highest BCUT2D eigenvalue weighted by molar-refractivity contribution is 6.35. The first-order valence-corrected chi connectivity index (χ1v) is 10.2. The van der Waals surface area contributed by atoms with E-state index in [4.69, 9.17) is 23.2 Å². The predicted molar refractivity (Wildman–Crippen MR) is 121 cm³/mol. The molecular weight excluding hydrogens is 421 g/mol. The molecule has 2 aromatic carbocycles. The molecule has 3 rings (SSSR count). The van der Waals surface area contributed by atoms with Crippen LogP contribution in [0.5, 0.6) is 0 Å². The molecule has 1 N–H and O–H groups in total. The van der Waals surface area contributed by atoms with Crippen LogP contribution >= 0.6 is 23.2 Å². The van der Waals surface area contributed by atoms with E-state index >= 15 is 0 Å². The van der Waals surface area contributed by atoms with Crippen LogP contribution in [0.25, 0.3) is 5.69 Å². The molecule has 0 aliphatic carbocycles. The molecule has 0 fully saturated rings. The smallest absolute Gasteiger partial charge is 0.196 e. The number of hydrogen-bond acceptors (Lipinski definition) is 5. The minimum atomic E-state index is -0.215. The Morgan fingerprint density at radius 1 is 1.13 bits per heavy atom. The van der Waals surface area contributed by atoms with Gasteiger partial charge >= 0.3 is 0 Å². The van der Waals surface area contributed by atoms with Crippen LogP contribution in [-0.4, -0.2) is 46.1 Å². The highest BCUT2D eigenvalue weighted by Crippen LogP contribution is 2.27. The second-order valence-electron chi connectivity index (χ2n) is 7.00. The lowest BCUT2D eigenvalue weighted by Gasteiger charge is -2.17. The Balaban J connectivity index is 2.16. The molecule has 0 atom stereocenters. The number of hydrogen-bond donors (Lipinski definition) is 1. The first-order chi connectivity index (χ1) is 14.4. The average Bonchev–Trinajstić information content (AvgIpc) is 3.09. The van der Waals surface area contributed by atoms with Crippen molar-refractivity contribution in [2.45, 2.75) is 13.1 Å². The Kier molecular flexibility index (Phi) is 7.39. The maximum atomic E-state index is 13.4. The second-order valence-corrected chi connectivity index (χ2v) is 7.84. The summed E-state index contributed by atoms with van der Waals surface area (Å²) in [5, 5.41) is 12.8. The van der Waals surface area contributed by atoms with Gasteiger partial charge in [0.1, 0.15) is 0 Å². The van der Waals surface area contributed by atoms with E-state index in [0.29, 0.717) is 58.1 Å². The molecule has 0 aliphatic rings. The number of rotatable bonds is 9. The van der Waals surface area contributed by atoms with Crippen LogP contribution in [0.4, 0.5) is 0 Å². The molecule has 0 unspecified atom stereocenters. The molecule has 1 aromatic heterocycles. The molecular formula is C22H23Cl2N5O. The normalized spacial score (nSPS) is 11.1. The van der Waals surface area contributed by atoms with Gasteiger partial charge in [0.25, 0.3) is 0 Å². The van der Waals surface area contributed by atoms with Crippen molar-refractivity contribution in [1.82, 2.24) is 25.0 Å². The maximum absolute atomic E-state index is 13.4. The number of benzene rings is 2. The van der Waals surface area contributed by atoms with Gasteiger partial charge in [0, 0.05) is 22.7 Å². The Bertz CT molecular complexity index is 1060. The van der Waals surface area contributed by atoms with Gasteiger partial charge in [0.15, 0.2) is 17.4 Å². The van der Waals surface area contributed by atoms with E-state index in [0.717, 1.165) is 0 Å². The third-order valence-corrected chi connectivity index (χ3v) is 4.95. The van der Waals surface area contributed by atoms with Crippen LogP contribution in [0.3, 0.4) is 0 Å². The Labute approximate surface area is 186 Å². The van der Waals surface area contributed by atoms with Crippen LogP contribution in [0.15, 0.2) is 55.1 Å². The van der Waals surface area contributed by atoms with Crippen LogP contribution in [-0.2, 0) is 13.1 Å². The summed E-state index contributed by atoms with van der Waals surface area (Å²) in [6, 6.07) is 12.2. The van der Waals surface area contributed by atoms with Crippen molar-refractivity contribution in [2.75, 3.05) is 20.6 Å². The number of nitrogens with zero attached hydrogens (tertiary/aromatic N) is 4. The van der Waals surface area contributed by atoms with Crippen molar-refractivity contribution in [2.24, 2.45) is 0 Å². The van der Waals surface area contributed by atoms with Gasteiger partial charge in [0.2, 0.25) is 0 Å². The molecule has 1 heterocycles. The first kappa shape index (κ1) is 22.2. The van der Waals surface area contributed by atoms with E-state index in [1.807, 2.05) is 29.6 Å². The average molecular weight is 444 g/mol. The molecule has 156 valence electrons. The third-order valence-electron chi connectivity index (χ3n) is 4.39. The van der Waals surface area contributed by atoms with Gasteiger partial charge in [-0.15, -0.1) is 16.8 Å². The van der Waals surface area contributed by atoms with E-state index in [2.05, 4.69) is 22.1 Å². The molecule has 3 aromatic rings. The summed E-state index contributed by atoms with van der Waals surface area (Å²) >= 11 is 12.5. The minimum absolute atomic E-state index is 0.215. The molecule has 0 bridgehead atoms. The monoisotopic (exact) mass is 443 g/mol. The number of carbonyl (C=O) groups is 1. The van der Waals surface area contributed by atoms with Crippen molar-refractivity contribution in [3.63, 3.8) is 0 Å². The fourth-order valence-corrected chi connectivity index (χ4v) is 3.49. The minimum Gasteiger partial charge on any atom is -0.306 e. The quantitative estimate of drug-likeness (QED) is 0.305. The lowest BCUT2D eigenvalue weighted by atomic mass is 10.0. The molecule has 8 heteroatoms. The van der Waals surface area contributed by atoms with Gasteiger partial charge in [-0.25, -0.2) is 0 Å². The lowest BCUT2D eigenvalue weighted by molar-refractivity contribution is 0.103. The molecule has 0 aliphatic heterocycles. The number of nitrogens with one attached hydrogen (secondary N) is 1. The van der Waals surface area contributed by atoms with Crippen LogP contribution < -0.4 is 5.32 Å². The maximum Gasteiger partial charge on any atom is 0.196 e. The van der Waals surface area contributed by atoms with E-state index in [9.17, 15) is 4.79 Å². The highest BCUT2D eigenvalue weighted by Gasteiger charge is 2.22. The number of aromatic nitrogens is 3. The lowest BCUT2D eigenvalue weighted by Crippen LogP contribution is -2.20. The van der Waals surface area contributed by atoms with Gasteiger partial charge in [0.05, 0.1) is 23.8 Å². The van der Waals surface area contributed by atoms with Gasteiger partial charge in [-0.05, 0) is 44.4 Å². The number of ketones is 1. The van der Waals surface area contributed by atoms with Crippen LogP contribution in [0.1, 0.15) is 27.6 Å². The molecule has 0 saturated heterocycles. The summed E-state index contributed by atoms with van der Waals surface area (Å²) in [6.45, 7) is 5.37. The zero-order chi connectivity index (χ0) is 21.7. The summed E-state index contributed by atoms with van der Waals surface area (Å²) in [5.74, 6) is 1.18. The zero-order valence-electron chi connectivity index (χ0n) is 16.9. The highest BCUT2D eigenvalue weighted by atomic mass is 35.5. The van der Waals surface area contributed by atoms with Crippen molar-refractivity contribution in [1.29, 1.82) is 0 Å². The molecule has 30 heavy (non-hydrogen) atoms. The van der Waals surface area contributed by atoms with E-state index in [-0.39, 0.29) is 5.78 Å². The first-order valence-electron chi connectivity index (χ1n) is 9.41. The van der Waals surface area contributed by atoms with E-state index < -0.39 is 0 Å². The summed E-state index contributed by atoms with van der Waals surface area (Å²) in [5.41, 5.74) is 1.50. The van der Waals surface area contributed by atoms with Crippen LogP contribution in [0.2, 0.25) is 10.0 Å². The molecule has 0 saturated carbocycles. The van der Waals surface area contributed by atoms with Gasteiger partial charge in [-0.2, -0.15) is 0 Å². The number of carbonyl (C=O) groups excluding carboxylic acids is 1. The van der Waals surface area contributed by atoms with Crippen molar-refractivity contribution >= 4 is 29.0 Å².